The Morgan fingerprint density at radius 1 is 0.643 bits per heavy atom. The van der Waals surface area contributed by atoms with E-state index in [-0.39, 0.29) is 8.07 Å². The summed E-state index contributed by atoms with van der Waals surface area (Å²) < 4.78 is 8.74. The summed E-state index contributed by atoms with van der Waals surface area (Å²) in [4.78, 5) is 10.3. The molecule has 0 unspecified atom stereocenters. The van der Waals surface area contributed by atoms with Gasteiger partial charge in [0.25, 0.3) is 0 Å². The van der Waals surface area contributed by atoms with Crippen LogP contribution in [0.15, 0.2) is 109 Å². The number of fused-ring (bicyclic) bond motifs is 1. The first-order valence-corrected chi connectivity index (χ1v) is 18.3. The molecule has 3 aromatic heterocycles. The van der Waals surface area contributed by atoms with Crippen LogP contribution in [0.3, 0.4) is 0 Å². The van der Waals surface area contributed by atoms with Crippen LogP contribution < -0.4 is 9.84 Å². The highest BCUT2D eigenvalue weighted by Gasteiger charge is 2.19. The normalized spacial score (nSPS) is 11.4. The molecule has 0 aliphatic heterocycles. The molecule has 0 saturated heterocycles. The summed E-state index contributed by atoms with van der Waals surface area (Å²) in [5.41, 5.74) is 8.97. The van der Waals surface area contributed by atoms with Crippen molar-refractivity contribution in [2.24, 2.45) is 0 Å². The van der Waals surface area contributed by atoms with Gasteiger partial charge in [0.15, 0.2) is 5.75 Å². The largest absolute Gasteiger partial charge is 0.472 e. The molecule has 0 spiro atoms. The molecular weight excluding hydrogens is 554 g/mol. The van der Waals surface area contributed by atoms with Gasteiger partial charge in [-0.2, -0.15) is 0 Å². The highest BCUT2D eigenvalue weighted by molar-refractivity contribution is 7.54. The van der Waals surface area contributed by atoms with Gasteiger partial charge in [0.1, 0.15) is 5.69 Å². The monoisotopic (exact) mass is 588 g/mol. The van der Waals surface area contributed by atoms with E-state index in [1.165, 1.54) is 22.0 Å². The number of rotatable bonds is 8. The number of hydrogen-bond donors (Lipinski definition) is 1. The van der Waals surface area contributed by atoms with Gasteiger partial charge in [-0.3, -0.25) is 0 Å². The Morgan fingerprint density at radius 2 is 1.33 bits per heavy atom. The first-order valence-electron chi connectivity index (χ1n) is 13.9. The van der Waals surface area contributed by atoms with Gasteiger partial charge >= 0.3 is 0 Å². The van der Waals surface area contributed by atoms with Crippen molar-refractivity contribution in [2.75, 3.05) is 39.0 Å². The minimum Gasteiger partial charge on any atom is -0.472 e. The fourth-order valence-corrected chi connectivity index (χ4v) is 6.85. The Morgan fingerprint density at radius 3 is 2.10 bits per heavy atom. The first kappa shape index (κ1) is 28.1. The summed E-state index contributed by atoms with van der Waals surface area (Å²) in [5.74, 6) is 0.750. The smallest absolute Gasteiger partial charge is 0.151 e. The summed E-state index contributed by atoms with van der Waals surface area (Å²) in [6.45, 7) is 8.78. The molecule has 6 rings (SSSR count). The van der Waals surface area contributed by atoms with E-state index < -0.39 is 8.15 Å². The van der Waals surface area contributed by atoms with Gasteiger partial charge in [-0.1, -0.05) is 72.8 Å². The quantitative estimate of drug-likeness (QED) is 0.180. The fraction of sp³-hybridized carbons (Fsp3) is 0.143. The SMILES string of the molecule is CNc1ccccc1-c1ccc(OP(C)C)c(-c2cccc(-c3cccc4c(-c5ccccc5)n(P(C)C)cc34)n2)n1. The average Bonchev–Trinajstić information content (AvgIpc) is 3.42. The Bertz CT molecular complexity index is 1860. The van der Waals surface area contributed by atoms with E-state index in [2.05, 4.69) is 115 Å². The number of pyridine rings is 2. The number of benzene rings is 3. The van der Waals surface area contributed by atoms with Crippen molar-refractivity contribution < 1.29 is 4.52 Å². The number of para-hydroxylation sites is 1. The predicted octanol–water partition coefficient (Wildman–Crippen LogP) is 9.68. The van der Waals surface area contributed by atoms with Gasteiger partial charge in [0.2, 0.25) is 0 Å². The molecule has 3 heterocycles. The van der Waals surface area contributed by atoms with Crippen molar-refractivity contribution in [1.29, 1.82) is 0 Å². The van der Waals surface area contributed by atoms with E-state index in [1.54, 1.807) is 0 Å². The first-order chi connectivity index (χ1) is 20.4. The zero-order chi connectivity index (χ0) is 29.2. The van der Waals surface area contributed by atoms with Crippen LogP contribution in [-0.2, 0) is 0 Å². The second-order valence-electron chi connectivity index (χ2n) is 10.5. The van der Waals surface area contributed by atoms with Crippen LogP contribution in [0.5, 0.6) is 5.75 Å². The number of nitrogens with one attached hydrogen (secondary N) is 1. The van der Waals surface area contributed by atoms with Crippen LogP contribution in [0.25, 0.3) is 55.9 Å². The lowest BCUT2D eigenvalue weighted by Gasteiger charge is -2.16. The summed E-state index contributed by atoms with van der Waals surface area (Å²) in [6.07, 6.45) is 2.30. The molecule has 0 aliphatic rings. The Balaban J connectivity index is 1.51. The molecular formula is C35H34N4OP2. The maximum absolute atomic E-state index is 6.30. The molecule has 0 radical (unpaired) electrons. The minimum absolute atomic E-state index is 0.387. The van der Waals surface area contributed by atoms with Gasteiger partial charge < -0.3 is 14.2 Å². The second-order valence-corrected chi connectivity index (χ2v) is 14.4. The van der Waals surface area contributed by atoms with Crippen LogP contribution in [0.1, 0.15) is 0 Å². The molecule has 210 valence electrons. The lowest BCUT2D eigenvalue weighted by Crippen LogP contribution is -1.98. The highest BCUT2D eigenvalue weighted by atomic mass is 31.1. The molecule has 0 fully saturated rings. The summed E-state index contributed by atoms with van der Waals surface area (Å²) in [5, 5.41) is 5.72. The van der Waals surface area contributed by atoms with E-state index in [1.807, 2.05) is 37.4 Å². The molecule has 0 amide bonds. The van der Waals surface area contributed by atoms with Crippen LogP contribution in [-0.4, -0.2) is 48.0 Å². The average molecular weight is 589 g/mol. The molecule has 0 saturated carbocycles. The predicted molar refractivity (Wildman–Crippen MR) is 182 cm³/mol. The van der Waals surface area contributed by atoms with Gasteiger partial charge in [0, 0.05) is 40.8 Å². The van der Waals surface area contributed by atoms with E-state index in [9.17, 15) is 0 Å². The van der Waals surface area contributed by atoms with E-state index in [0.717, 1.165) is 45.3 Å². The van der Waals surface area contributed by atoms with Crippen LogP contribution >= 0.6 is 16.2 Å². The number of nitrogens with zero attached hydrogens (tertiary/aromatic N) is 3. The maximum atomic E-state index is 6.30. The molecule has 6 aromatic rings. The van der Waals surface area contributed by atoms with Crippen molar-refractivity contribution in [1.82, 2.24) is 14.3 Å². The lowest BCUT2D eigenvalue weighted by atomic mass is 10.0. The van der Waals surface area contributed by atoms with Crippen LogP contribution in [0, 0.1) is 0 Å². The number of hydrogen-bond acceptors (Lipinski definition) is 4. The van der Waals surface area contributed by atoms with Crippen LogP contribution in [0.2, 0.25) is 0 Å². The molecule has 42 heavy (non-hydrogen) atoms. The second kappa shape index (κ2) is 12.1. The standard InChI is InChI=1S/C35H34N4OP2/c1-36-29-18-10-9-15-27(29)31-21-22-33(40-42(4)5)34(38-31)32-20-12-19-30(37-32)25-16-11-17-26-28(25)23-39(41(2)3)35(26)24-13-7-6-8-14-24/h6-23,36H,1-5H3. The molecule has 5 nitrogen and oxygen atoms in total. The minimum atomic E-state index is -0.642. The van der Waals surface area contributed by atoms with Crippen molar-refractivity contribution in [2.45, 2.75) is 0 Å². The van der Waals surface area contributed by atoms with E-state index >= 15 is 0 Å². The van der Waals surface area contributed by atoms with Gasteiger partial charge in [-0.05, 0) is 70.6 Å². The summed E-state index contributed by atoms with van der Waals surface area (Å²) >= 11 is 0. The Hall–Kier alpha value is -4.04. The molecule has 7 heteroatoms. The third kappa shape index (κ3) is 5.43. The topological polar surface area (TPSA) is 52.0 Å². The molecule has 0 bridgehead atoms. The number of aromatic nitrogens is 3. The third-order valence-corrected chi connectivity index (χ3v) is 8.94. The Kier molecular flexibility index (Phi) is 8.07. The van der Waals surface area contributed by atoms with Gasteiger partial charge in [0.05, 0.1) is 30.9 Å². The molecule has 1 N–H and O–H groups in total. The van der Waals surface area contributed by atoms with Crippen molar-refractivity contribution in [3.05, 3.63) is 109 Å². The zero-order valence-corrected chi connectivity index (χ0v) is 26.3. The van der Waals surface area contributed by atoms with Gasteiger partial charge in [-0.15, -0.1) is 0 Å². The summed E-state index contributed by atoms with van der Waals surface area (Å²) in [7, 11) is 0.902. The maximum Gasteiger partial charge on any atom is 0.151 e. The van der Waals surface area contributed by atoms with Crippen molar-refractivity contribution in [3.63, 3.8) is 0 Å². The highest BCUT2D eigenvalue weighted by Crippen LogP contribution is 2.44. The van der Waals surface area contributed by atoms with Crippen molar-refractivity contribution >= 4 is 32.7 Å². The fourth-order valence-electron chi connectivity index (χ4n) is 5.33. The van der Waals surface area contributed by atoms with E-state index in [0.29, 0.717) is 0 Å². The van der Waals surface area contributed by atoms with Crippen LogP contribution in [0.4, 0.5) is 5.69 Å². The molecule has 0 atom stereocenters. The van der Waals surface area contributed by atoms with Gasteiger partial charge in [-0.25, -0.2) is 9.97 Å². The Labute approximate surface area is 250 Å². The summed E-state index contributed by atoms with van der Waals surface area (Å²) in [6, 6.07) is 35.6. The third-order valence-electron chi connectivity index (χ3n) is 7.20. The molecule has 0 aliphatic carbocycles. The molecule has 3 aromatic carbocycles. The lowest BCUT2D eigenvalue weighted by molar-refractivity contribution is 0.622. The van der Waals surface area contributed by atoms with E-state index in [4.69, 9.17) is 14.5 Å². The zero-order valence-electron chi connectivity index (χ0n) is 24.5. The number of anilines is 1. The van der Waals surface area contributed by atoms with Crippen molar-refractivity contribution in [3.8, 4) is 50.9 Å².